The van der Waals surface area contributed by atoms with E-state index in [1.807, 2.05) is 6.07 Å². The number of allylic oxidation sites excluding steroid dienone is 2. The van der Waals surface area contributed by atoms with Crippen LogP contribution in [0, 0.1) is 11.3 Å². The van der Waals surface area contributed by atoms with Gasteiger partial charge in [0.2, 0.25) is 5.91 Å². The number of carbonyl (C=O) groups is 2. The zero-order chi connectivity index (χ0) is 28.8. The fourth-order valence-corrected chi connectivity index (χ4v) is 5.42. The summed E-state index contributed by atoms with van der Waals surface area (Å²) in [5, 5.41) is 30.2. The summed E-state index contributed by atoms with van der Waals surface area (Å²) < 4.78 is 5.28. The average molecular weight is 596 g/mol. The molecule has 3 aromatic rings. The van der Waals surface area contributed by atoms with Crippen molar-refractivity contribution in [3.63, 3.8) is 0 Å². The van der Waals surface area contributed by atoms with Crippen LogP contribution in [0.25, 0.3) is 0 Å². The second-order valence-corrected chi connectivity index (χ2v) is 10.4. The first-order chi connectivity index (χ1) is 19.2. The Kier molecular flexibility index (Phi) is 9.27. The molecule has 0 aromatic heterocycles. The summed E-state index contributed by atoms with van der Waals surface area (Å²) in [5.41, 5.74) is 2.57. The van der Waals surface area contributed by atoms with E-state index in [1.165, 1.54) is 13.2 Å². The molecule has 2 amide bonds. The third-order valence-corrected chi connectivity index (χ3v) is 7.87. The van der Waals surface area contributed by atoms with Crippen molar-refractivity contribution < 1.29 is 19.4 Å². The second-order valence-electron chi connectivity index (χ2n) is 8.64. The molecule has 40 heavy (non-hydrogen) atoms. The molecule has 11 heteroatoms. The quantitative estimate of drug-likeness (QED) is 0.237. The molecule has 4 N–H and O–H groups in total. The Bertz CT molecular complexity index is 1570. The minimum atomic E-state index is -0.808. The van der Waals surface area contributed by atoms with Crippen LogP contribution < -0.4 is 20.7 Å². The summed E-state index contributed by atoms with van der Waals surface area (Å²) in [4.78, 5) is 26.3. The maximum Gasteiger partial charge on any atom is 0.254 e. The van der Waals surface area contributed by atoms with Crippen LogP contribution in [0.1, 0.15) is 18.4 Å². The maximum atomic E-state index is 13.6. The van der Waals surface area contributed by atoms with Crippen LogP contribution in [0.4, 0.5) is 11.4 Å². The first-order valence-corrected chi connectivity index (χ1v) is 13.7. The summed E-state index contributed by atoms with van der Waals surface area (Å²) in [6.07, 6.45) is 0. The van der Waals surface area contributed by atoms with Crippen LogP contribution in [0.5, 0.6) is 11.5 Å². The summed E-state index contributed by atoms with van der Waals surface area (Å²) in [5.74, 6) is -1.51. The summed E-state index contributed by atoms with van der Waals surface area (Å²) in [6, 6.07) is 20.8. The third-order valence-electron chi connectivity index (χ3n) is 6.03. The number of phenols is 1. The van der Waals surface area contributed by atoms with Crippen LogP contribution in [-0.2, 0) is 9.59 Å². The number of carbonyl (C=O) groups excluding carboxylic acids is 2. The molecule has 1 heterocycles. The molecule has 0 aliphatic carbocycles. The van der Waals surface area contributed by atoms with Gasteiger partial charge >= 0.3 is 0 Å². The molecule has 0 saturated carbocycles. The van der Waals surface area contributed by atoms with Crippen molar-refractivity contribution in [3.8, 4) is 17.6 Å². The Morgan fingerprint density at radius 3 is 2.55 bits per heavy atom. The zero-order valence-electron chi connectivity index (χ0n) is 21.4. The number of aromatic hydroxyl groups is 1. The van der Waals surface area contributed by atoms with Gasteiger partial charge in [0.1, 0.15) is 0 Å². The van der Waals surface area contributed by atoms with Crippen LogP contribution in [0.15, 0.2) is 88.6 Å². The smallest absolute Gasteiger partial charge is 0.254 e. The molecule has 0 radical (unpaired) electrons. The number of para-hydroxylation sites is 1. The van der Waals surface area contributed by atoms with E-state index in [9.17, 15) is 20.0 Å². The van der Waals surface area contributed by atoms with Crippen molar-refractivity contribution in [1.82, 2.24) is 5.32 Å². The van der Waals surface area contributed by atoms with Gasteiger partial charge in [-0.2, -0.15) is 5.26 Å². The lowest BCUT2D eigenvalue weighted by Gasteiger charge is -2.30. The van der Waals surface area contributed by atoms with Crippen LogP contribution >= 0.6 is 35.0 Å². The van der Waals surface area contributed by atoms with Crippen LogP contribution in [0.3, 0.4) is 0 Å². The number of methoxy groups -OCH3 is 1. The van der Waals surface area contributed by atoms with E-state index in [2.05, 4.69) is 22.0 Å². The van der Waals surface area contributed by atoms with E-state index in [0.29, 0.717) is 38.3 Å². The predicted molar refractivity (Wildman–Crippen MR) is 158 cm³/mol. The van der Waals surface area contributed by atoms with Gasteiger partial charge in [0.25, 0.3) is 5.91 Å². The highest BCUT2D eigenvalue weighted by Gasteiger charge is 2.35. The Morgan fingerprint density at radius 2 is 1.85 bits per heavy atom. The predicted octanol–water partition coefficient (Wildman–Crippen LogP) is 6.41. The first kappa shape index (κ1) is 28.9. The minimum absolute atomic E-state index is 0.0548. The second kappa shape index (κ2) is 12.8. The van der Waals surface area contributed by atoms with E-state index in [1.54, 1.807) is 61.5 Å². The molecule has 1 aliphatic heterocycles. The normalized spacial score (nSPS) is 14.7. The first-order valence-electron chi connectivity index (χ1n) is 12.0. The lowest BCUT2D eigenvalue weighted by molar-refractivity contribution is -0.114. The molecule has 1 atom stereocenters. The van der Waals surface area contributed by atoms with E-state index in [4.69, 9.17) is 27.9 Å². The summed E-state index contributed by atoms with van der Waals surface area (Å²) in [7, 11) is 1.42. The highest BCUT2D eigenvalue weighted by molar-refractivity contribution is 8.03. The van der Waals surface area contributed by atoms with E-state index in [-0.39, 0.29) is 33.8 Å². The monoisotopic (exact) mass is 594 g/mol. The summed E-state index contributed by atoms with van der Waals surface area (Å²) >= 11 is 13.3. The number of benzene rings is 3. The number of nitrogens with one attached hydrogen (secondary N) is 3. The Morgan fingerprint density at radius 1 is 1.10 bits per heavy atom. The number of hydrogen-bond acceptors (Lipinski definition) is 7. The van der Waals surface area contributed by atoms with Gasteiger partial charge in [-0.05, 0) is 48.9 Å². The molecule has 0 fully saturated rings. The van der Waals surface area contributed by atoms with Crippen molar-refractivity contribution in [2.45, 2.75) is 12.8 Å². The number of ether oxygens (including phenoxy) is 1. The molecule has 0 unspecified atom stereocenters. The minimum Gasteiger partial charge on any atom is -0.504 e. The number of halogens is 2. The third kappa shape index (κ3) is 6.37. The Balaban J connectivity index is 1.67. The molecule has 3 aromatic carbocycles. The standard InChI is InChI=1S/C29H24Cl2N4O4S/c1-16-25(28(38)34-18-7-4-3-5-8-18)26(17-11-12-22(36)23(13-17)39-2)19(14-32)29(33-16)40-15-24(37)35-21-10-6-9-20(30)27(21)31/h3-13,26,33,36H,15H2,1-2H3,(H,34,38)(H,35,37)/t26-/m0/s1. The Labute approximate surface area is 245 Å². The van der Waals surface area contributed by atoms with E-state index >= 15 is 0 Å². The van der Waals surface area contributed by atoms with Gasteiger partial charge in [0.05, 0.1) is 51.2 Å². The van der Waals surface area contributed by atoms with Crippen molar-refractivity contribution in [2.24, 2.45) is 0 Å². The molecular weight excluding hydrogens is 571 g/mol. The largest absolute Gasteiger partial charge is 0.504 e. The highest BCUT2D eigenvalue weighted by Crippen LogP contribution is 2.43. The fourth-order valence-electron chi connectivity index (χ4n) is 4.18. The molecule has 0 bridgehead atoms. The molecule has 0 spiro atoms. The topological polar surface area (TPSA) is 123 Å². The average Bonchev–Trinajstić information content (AvgIpc) is 2.94. The number of anilines is 2. The molecule has 8 nitrogen and oxygen atoms in total. The highest BCUT2D eigenvalue weighted by atomic mass is 35.5. The number of nitrogens with zero attached hydrogens (tertiary/aromatic N) is 1. The van der Waals surface area contributed by atoms with Gasteiger partial charge < -0.3 is 25.8 Å². The van der Waals surface area contributed by atoms with Crippen LogP contribution in [0.2, 0.25) is 10.0 Å². The van der Waals surface area contributed by atoms with Crippen molar-refractivity contribution >= 4 is 58.2 Å². The van der Waals surface area contributed by atoms with Crippen molar-refractivity contribution in [1.29, 1.82) is 5.26 Å². The van der Waals surface area contributed by atoms with Gasteiger partial charge in [-0.3, -0.25) is 9.59 Å². The van der Waals surface area contributed by atoms with Gasteiger partial charge in [-0.15, -0.1) is 0 Å². The fraction of sp³-hybridized carbons (Fsp3) is 0.138. The molecular formula is C29H24Cl2N4O4S. The zero-order valence-corrected chi connectivity index (χ0v) is 23.7. The van der Waals surface area contributed by atoms with Gasteiger partial charge in [0, 0.05) is 17.0 Å². The van der Waals surface area contributed by atoms with Gasteiger partial charge in [0.15, 0.2) is 11.5 Å². The van der Waals surface area contributed by atoms with Crippen molar-refractivity contribution in [3.05, 3.63) is 104 Å². The molecule has 204 valence electrons. The van der Waals surface area contributed by atoms with E-state index < -0.39 is 11.8 Å². The number of nitriles is 1. The number of dihydropyridines is 1. The van der Waals surface area contributed by atoms with Crippen molar-refractivity contribution in [2.75, 3.05) is 23.5 Å². The molecule has 1 aliphatic rings. The summed E-state index contributed by atoms with van der Waals surface area (Å²) in [6.45, 7) is 1.73. The van der Waals surface area contributed by atoms with Crippen LogP contribution in [-0.4, -0.2) is 29.8 Å². The number of amides is 2. The number of thioether (sulfide) groups is 1. The SMILES string of the molecule is COc1cc([C@H]2C(C#N)=C(SCC(=O)Nc3cccc(Cl)c3Cl)NC(C)=C2C(=O)Nc2ccccc2)ccc1O. The number of phenolic OH excluding ortho intramolecular Hbond substituents is 1. The molecule has 0 saturated heterocycles. The maximum absolute atomic E-state index is 13.6. The lowest BCUT2D eigenvalue weighted by Crippen LogP contribution is -2.31. The van der Waals surface area contributed by atoms with Gasteiger partial charge in [-0.25, -0.2) is 0 Å². The molecule has 4 rings (SSSR count). The van der Waals surface area contributed by atoms with Gasteiger partial charge in [-0.1, -0.05) is 65.3 Å². The van der Waals surface area contributed by atoms with E-state index in [0.717, 1.165) is 11.8 Å². The lowest BCUT2D eigenvalue weighted by atomic mass is 9.82. The Hall–Kier alpha value is -4.10. The number of hydrogen-bond donors (Lipinski definition) is 4. The number of rotatable bonds is 8.